The summed E-state index contributed by atoms with van der Waals surface area (Å²) in [5, 5.41) is 21.3. The molecule has 1 saturated heterocycles. The van der Waals surface area contributed by atoms with Crippen molar-refractivity contribution in [3.05, 3.63) is 41.8 Å². The molecule has 3 atom stereocenters. The fourth-order valence-electron chi connectivity index (χ4n) is 4.07. The number of piperidine rings is 1. The Morgan fingerprint density at radius 3 is 2.84 bits per heavy atom. The zero-order chi connectivity index (χ0) is 22.0. The van der Waals surface area contributed by atoms with E-state index in [1.54, 1.807) is 23.0 Å². The zero-order valence-electron chi connectivity index (χ0n) is 17.2. The second-order valence-electron chi connectivity index (χ2n) is 7.98. The topological polar surface area (TPSA) is 122 Å². The Bertz CT molecular complexity index is 1030. The summed E-state index contributed by atoms with van der Waals surface area (Å²) in [6, 6.07) is 7.91. The minimum Gasteiger partial charge on any atom is -0.391 e. The first kappa shape index (κ1) is 20.8. The molecule has 3 N–H and O–H groups in total. The Balaban J connectivity index is 1.48. The summed E-state index contributed by atoms with van der Waals surface area (Å²) < 4.78 is 14.8. The third-order valence-corrected chi connectivity index (χ3v) is 5.61. The molecule has 0 spiro atoms. The molecule has 1 fully saturated rings. The molecular weight excluding hydrogens is 401 g/mol. The van der Waals surface area contributed by atoms with Crippen LogP contribution in [0.15, 0.2) is 35.6 Å². The predicted molar refractivity (Wildman–Crippen MR) is 112 cm³/mol. The van der Waals surface area contributed by atoms with Gasteiger partial charge in [-0.3, -0.25) is 14.4 Å². The summed E-state index contributed by atoms with van der Waals surface area (Å²) in [4.78, 5) is 19.6. The quantitative estimate of drug-likeness (QED) is 0.733. The highest BCUT2D eigenvalue weighted by molar-refractivity contribution is 5.98. The van der Waals surface area contributed by atoms with Gasteiger partial charge in [-0.15, -0.1) is 0 Å². The highest BCUT2D eigenvalue weighted by atomic mass is 19.1. The van der Waals surface area contributed by atoms with Crippen LogP contribution in [0.4, 0.5) is 15.9 Å². The van der Waals surface area contributed by atoms with Crippen molar-refractivity contribution in [1.82, 2.24) is 14.7 Å². The maximum Gasteiger partial charge on any atom is 0.254 e. The molecule has 2 aliphatic heterocycles. The second kappa shape index (κ2) is 8.73. The molecule has 0 radical (unpaired) electrons. The number of likely N-dealkylation sites (tertiary alicyclic amines) is 1. The number of benzene rings is 1. The van der Waals surface area contributed by atoms with Gasteiger partial charge in [0.15, 0.2) is 5.82 Å². The number of nitrogens with zero attached hydrogens (tertiary/aromatic N) is 5. The second-order valence-corrected chi connectivity index (χ2v) is 7.98. The molecule has 1 unspecified atom stereocenters. The van der Waals surface area contributed by atoms with Crippen LogP contribution in [0.3, 0.4) is 0 Å². The number of carbonyl (C=O) groups excluding carboxylic acids is 1. The molecule has 9 nitrogen and oxygen atoms in total. The Kier molecular flexibility index (Phi) is 5.86. The van der Waals surface area contributed by atoms with Gasteiger partial charge in [0.05, 0.1) is 23.7 Å². The summed E-state index contributed by atoms with van der Waals surface area (Å²) in [6.07, 6.45) is 3.10. The van der Waals surface area contributed by atoms with E-state index in [0.717, 1.165) is 25.2 Å². The maximum absolute atomic E-state index is 13.2. The van der Waals surface area contributed by atoms with Gasteiger partial charge >= 0.3 is 0 Å². The largest absolute Gasteiger partial charge is 0.391 e. The zero-order valence-corrected chi connectivity index (χ0v) is 17.2. The number of amides is 1. The van der Waals surface area contributed by atoms with Crippen molar-refractivity contribution in [2.75, 3.05) is 25.0 Å². The number of hydrogen-bond donors (Lipinski definition) is 2. The smallest absolute Gasteiger partial charge is 0.254 e. The number of nitrogens with one attached hydrogen (secondary N) is 1. The van der Waals surface area contributed by atoms with Gasteiger partial charge in [0.25, 0.3) is 5.91 Å². The van der Waals surface area contributed by atoms with Crippen LogP contribution in [0.2, 0.25) is 0 Å². The van der Waals surface area contributed by atoms with E-state index in [2.05, 4.69) is 26.5 Å². The summed E-state index contributed by atoms with van der Waals surface area (Å²) in [5.74, 6) is -1.02. The lowest BCUT2D eigenvalue weighted by Gasteiger charge is -2.36. The lowest BCUT2D eigenvalue weighted by Crippen LogP contribution is -2.44. The van der Waals surface area contributed by atoms with Crippen molar-refractivity contribution < 1.29 is 14.0 Å². The Morgan fingerprint density at radius 2 is 2.19 bits per heavy atom. The van der Waals surface area contributed by atoms with Gasteiger partial charge in [-0.25, -0.2) is 4.39 Å². The van der Waals surface area contributed by atoms with Gasteiger partial charge in [0.2, 0.25) is 0 Å². The Hall–Kier alpha value is -3.45. The highest BCUT2D eigenvalue weighted by Crippen LogP contribution is 2.31. The Morgan fingerprint density at radius 1 is 1.42 bits per heavy atom. The maximum atomic E-state index is 13.2. The fraction of sp³-hybridized carbons (Fsp3) is 0.429. The molecule has 0 aliphatic carbocycles. The van der Waals surface area contributed by atoms with E-state index in [1.807, 2.05) is 6.92 Å². The minimum atomic E-state index is -0.629. The summed E-state index contributed by atoms with van der Waals surface area (Å²) in [5.41, 5.74) is 7.31. The first-order valence-corrected chi connectivity index (χ1v) is 10.2. The number of primary amides is 1. The van der Waals surface area contributed by atoms with Gasteiger partial charge < -0.3 is 15.9 Å². The normalized spacial score (nSPS) is 23.6. The molecule has 0 saturated carbocycles. The van der Waals surface area contributed by atoms with E-state index < -0.39 is 5.91 Å². The van der Waals surface area contributed by atoms with E-state index in [-0.39, 0.29) is 35.3 Å². The van der Waals surface area contributed by atoms with Crippen molar-refractivity contribution in [2.24, 2.45) is 16.8 Å². The van der Waals surface area contributed by atoms with Crippen LogP contribution in [0.25, 0.3) is 0 Å². The standard InChI is InChI=1S/C21H24FN7O2/c1-13-8-17(31-27-13)11-28-7-6-19(14(9-23)10-28)29-12-18(20(24)30)21(26-29)25-16-4-2-15(22)3-5-16/h2-5,12,14,17,19H,6-8,10-11H2,1H3,(H2,24,30)(H,25,26)/t14-,17?,19+/m1/s1. The molecule has 162 valence electrons. The number of anilines is 2. The number of nitrogens with two attached hydrogens (primary N) is 1. The average Bonchev–Trinajstić information content (AvgIpc) is 3.35. The number of nitriles is 1. The van der Waals surface area contributed by atoms with E-state index in [9.17, 15) is 14.4 Å². The number of carbonyl (C=O) groups is 1. The predicted octanol–water partition coefficient (Wildman–Crippen LogP) is 2.42. The molecule has 2 aromatic rings. The lowest BCUT2D eigenvalue weighted by atomic mass is 9.93. The van der Waals surface area contributed by atoms with Gasteiger partial charge in [-0.1, -0.05) is 5.16 Å². The molecule has 0 bridgehead atoms. The number of aromatic nitrogens is 2. The monoisotopic (exact) mass is 425 g/mol. The number of oxime groups is 1. The van der Waals surface area contributed by atoms with Crippen molar-refractivity contribution in [3.8, 4) is 6.07 Å². The van der Waals surface area contributed by atoms with Gasteiger partial charge in [0.1, 0.15) is 17.5 Å². The molecule has 1 amide bonds. The van der Waals surface area contributed by atoms with E-state index in [4.69, 9.17) is 10.6 Å². The lowest BCUT2D eigenvalue weighted by molar-refractivity contribution is 0.0351. The number of halogens is 1. The van der Waals surface area contributed by atoms with Crippen LogP contribution >= 0.6 is 0 Å². The van der Waals surface area contributed by atoms with Crippen LogP contribution < -0.4 is 11.1 Å². The molecule has 4 rings (SSSR count). The summed E-state index contributed by atoms with van der Waals surface area (Å²) >= 11 is 0. The van der Waals surface area contributed by atoms with Gasteiger partial charge in [0, 0.05) is 37.9 Å². The third-order valence-electron chi connectivity index (χ3n) is 5.61. The van der Waals surface area contributed by atoms with E-state index >= 15 is 0 Å². The first-order chi connectivity index (χ1) is 14.9. The Labute approximate surface area is 179 Å². The SMILES string of the molecule is CC1=NOC(CN2CC[C@H](n3cc(C(N)=O)c(Nc4ccc(F)cc4)n3)[C@H](C#N)C2)C1. The van der Waals surface area contributed by atoms with Crippen molar-refractivity contribution in [3.63, 3.8) is 0 Å². The van der Waals surface area contributed by atoms with Crippen LogP contribution in [0.1, 0.15) is 36.2 Å². The number of hydrogen-bond acceptors (Lipinski definition) is 7. The highest BCUT2D eigenvalue weighted by Gasteiger charge is 2.34. The molecule has 10 heteroatoms. The van der Waals surface area contributed by atoms with Gasteiger partial charge in [-0.2, -0.15) is 10.4 Å². The molecule has 31 heavy (non-hydrogen) atoms. The van der Waals surface area contributed by atoms with Crippen molar-refractivity contribution in [1.29, 1.82) is 5.26 Å². The molecule has 2 aliphatic rings. The minimum absolute atomic E-state index is 0.0218. The van der Waals surface area contributed by atoms with Crippen LogP contribution in [-0.4, -0.2) is 52.0 Å². The first-order valence-electron chi connectivity index (χ1n) is 10.2. The average molecular weight is 425 g/mol. The molecule has 1 aromatic carbocycles. The van der Waals surface area contributed by atoms with Crippen molar-refractivity contribution >= 4 is 23.1 Å². The molecule has 3 heterocycles. The fourth-order valence-corrected chi connectivity index (χ4v) is 4.07. The molecular formula is C21H24FN7O2. The van der Waals surface area contributed by atoms with E-state index in [0.29, 0.717) is 18.7 Å². The van der Waals surface area contributed by atoms with Crippen LogP contribution in [0.5, 0.6) is 0 Å². The van der Waals surface area contributed by atoms with Crippen LogP contribution in [0, 0.1) is 23.1 Å². The summed E-state index contributed by atoms with van der Waals surface area (Å²) in [6.45, 7) is 4.01. The van der Waals surface area contributed by atoms with Crippen molar-refractivity contribution in [2.45, 2.75) is 31.9 Å². The van der Waals surface area contributed by atoms with E-state index in [1.165, 1.54) is 12.1 Å². The third kappa shape index (κ3) is 4.67. The summed E-state index contributed by atoms with van der Waals surface area (Å²) in [7, 11) is 0. The van der Waals surface area contributed by atoms with Gasteiger partial charge in [-0.05, 0) is 37.6 Å². The van der Waals surface area contributed by atoms with Crippen LogP contribution in [-0.2, 0) is 4.84 Å². The molecule has 1 aromatic heterocycles. The number of rotatable bonds is 6.